The van der Waals surface area contributed by atoms with Crippen molar-refractivity contribution < 1.29 is 23.9 Å². The van der Waals surface area contributed by atoms with Crippen molar-refractivity contribution in [2.75, 3.05) is 0 Å². The van der Waals surface area contributed by atoms with E-state index in [1.807, 2.05) is 42.5 Å². The van der Waals surface area contributed by atoms with Crippen molar-refractivity contribution in [2.24, 2.45) is 0 Å². The number of allylic oxidation sites excluding steroid dienone is 1. The summed E-state index contributed by atoms with van der Waals surface area (Å²) in [5.41, 5.74) is 8.51. The molecule has 0 N–H and O–H groups in total. The predicted molar refractivity (Wildman–Crippen MR) is 103 cm³/mol. The topological polar surface area (TPSA) is 96.8 Å². The summed E-state index contributed by atoms with van der Waals surface area (Å²) >= 11 is 0. The summed E-state index contributed by atoms with van der Waals surface area (Å²) in [5, 5.41) is 0. The van der Waals surface area contributed by atoms with E-state index < -0.39 is 23.1 Å². The van der Waals surface area contributed by atoms with Gasteiger partial charge in [0.15, 0.2) is 0 Å². The highest BCUT2D eigenvalue weighted by atomic mass is 16.6. The maximum atomic E-state index is 12.0. The molecule has 0 spiro atoms. The van der Waals surface area contributed by atoms with Crippen molar-refractivity contribution in [3.8, 4) is 0 Å². The minimum Gasteiger partial charge on any atom is -0.451 e. The van der Waals surface area contributed by atoms with Crippen LogP contribution in [0.5, 0.6) is 0 Å². The second kappa shape index (κ2) is 11.0. The van der Waals surface area contributed by atoms with Gasteiger partial charge in [-0.3, -0.25) is 9.59 Å². The molecule has 0 saturated carbocycles. The van der Waals surface area contributed by atoms with E-state index >= 15 is 0 Å². The van der Waals surface area contributed by atoms with E-state index in [-0.39, 0.29) is 18.6 Å². The molecule has 6 nitrogen and oxygen atoms in total. The third-order valence-corrected chi connectivity index (χ3v) is 3.52. The summed E-state index contributed by atoms with van der Waals surface area (Å²) in [6.45, 7) is 4.92. The maximum Gasteiger partial charge on any atom is 0.441 e. The fourth-order valence-electron chi connectivity index (χ4n) is 2.23. The van der Waals surface area contributed by atoms with Crippen LogP contribution < -0.4 is 0 Å². The van der Waals surface area contributed by atoms with Gasteiger partial charge in [0.05, 0.1) is 0 Å². The molecule has 0 unspecified atom stereocenters. The van der Waals surface area contributed by atoms with E-state index in [9.17, 15) is 14.4 Å². The molecule has 0 aliphatic carbocycles. The van der Waals surface area contributed by atoms with Gasteiger partial charge in [-0.1, -0.05) is 42.5 Å². The molecule has 144 valence electrons. The average molecular weight is 370 g/mol. The smallest absolute Gasteiger partial charge is 0.441 e. The van der Waals surface area contributed by atoms with Gasteiger partial charge < -0.3 is 10.3 Å². The fourth-order valence-corrected chi connectivity index (χ4v) is 2.23. The Labute approximate surface area is 159 Å². The number of nitrogens with zero attached hydrogens (tertiary/aromatic N) is 2. The molecule has 1 rings (SSSR count). The quantitative estimate of drug-likeness (QED) is 0.156. The minimum atomic E-state index is -0.992. The molecule has 0 bridgehead atoms. The second-order valence-electron chi connectivity index (χ2n) is 7.12. The number of Topliss-reactive ketones (excluding diaryl/α,β-unsaturated/α-hetero) is 2. The third-order valence-electron chi connectivity index (χ3n) is 3.52. The van der Waals surface area contributed by atoms with Gasteiger partial charge in [0, 0.05) is 19.3 Å². The van der Waals surface area contributed by atoms with Crippen LogP contribution in [0.3, 0.4) is 0 Å². The van der Waals surface area contributed by atoms with Gasteiger partial charge in [0.1, 0.15) is 11.4 Å². The number of hydrogen-bond acceptors (Lipinski definition) is 4. The van der Waals surface area contributed by atoms with Gasteiger partial charge in [-0.2, -0.15) is 4.79 Å². The molecular weight excluding hydrogens is 344 g/mol. The molecule has 6 heteroatoms. The normalized spacial score (nSPS) is 11.1. The van der Waals surface area contributed by atoms with E-state index in [1.165, 1.54) is 0 Å². The van der Waals surface area contributed by atoms with E-state index in [0.29, 0.717) is 12.8 Å². The lowest BCUT2D eigenvalue weighted by molar-refractivity contribution is -0.152. The van der Waals surface area contributed by atoms with Crippen LogP contribution in [0.25, 0.3) is 11.6 Å². The molecule has 0 saturated heterocycles. The molecule has 0 radical (unpaired) electrons. The lowest BCUT2D eigenvalue weighted by atomic mass is 10.0. The summed E-state index contributed by atoms with van der Waals surface area (Å²) in [7, 11) is 0. The Morgan fingerprint density at radius 3 is 2.33 bits per heavy atom. The standard InChI is InChI=1S/C21H26N2O4/c1-21(2,3)27-20(26)19(23-22)18(25)15-14-17(24)13-9-5-8-12-16-10-6-4-7-11-16/h4,6-8,10-12H,5,9,13-15H2,1-3H3/b12-8+. The Kier molecular flexibility index (Phi) is 9.03. The van der Waals surface area contributed by atoms with Crippen LogP contribution >= 0.6 is 0 Å². The predicted octanol–water partition coefficient (Wildman–Crippen LogP) is 3.80. The molecule has 0 heterocycles. The summed E-state index contributed by atoms with van der Waals surface area (Å²) in [6.07, 6.45) is 5.62. The third kappa shape index (κ3) is 9.42. The molecular formula is C21H26N2O4. The molecule has 0 fully saturated rings. The number of carbonyl (C=O) groups is 3. The molecule has 0 atom stereocenters. The van der Waals surface area contributed by atoms with Crippen LogP contribution in [-0.4, -0.2) is 33.6 Å². The van der Waals surface area contributed by atoms with Crippen LogP contribution in [0.4, 0.5) is 0 Å². The van der Waals surface area contributed by atoms with Gasteiger partial charge in [-0.25, -0.2) is 4.79 Å². The Morgan fingerprint density at radius 1 is 1.07 bits per heavy atom. The van der Waals surface area contributed by atoms with Crippen LogP contribution in [-0.2, 0) is 19.1 Å². The highest BCUT2D eigenvalue weighted by molar-refractivity contribution is 6.62. The lowest BCUT2D eigenvalue weighted by Gasteiger charge is -2.17. The molecule has 0 aliphatic heterocycles. The SMILES string of the molecule is CC(C)(C)OC(=O)C(=[N+]=[N-])C(=O)CCC(=O)CCC/C=C/c1ccccc1. The maximum absolute atomic E-state index is 12.0. The monoisotopic (exact) mass is 370 g/mol. The van der Waals surface area contributed by atoms with Gasteiger partial charge in [-0.15, -0.1) is 0 Å². The Balaban J connectivity index is 2.34. The molecule has 27 heavy (non-hydrogen) atoms. The average Bonchev–Trinajstić information content (AvgIpc) is 2.59. The van der Waals surface area contributed by atoms with Crippen LogP contribution in [0.15, 0.2) is 36.4 Å². The van der Waals surface area contributed by atoms with Gasteiger partial charge >= 0.3 is 11.7 Å². The fraction of sp³-hybridized carbons (Fsp3) is 0.429. The zero-order valence-corrected chi connectivity index (χ0v) is 16.1. The number of ketones is 2. The van der Waals surface area contributed by atoms with Crippen LogP contribution in [0, 0.1) is 0 Å². The van der Waals surface area contributed by atoms with Gasteiger partial charge in [0.2, 0.25) is 0 Å². The second-order valence-corrected chi connectivity index (χ2v) is 7.12. The van der Waals surface area contributed by atoms with Crippen LogP contribution in [0.2, 0.25) is 0 Å². The molecule has 1 aromatic carbocycles. The van der Waals surface area contributed by atoms with E-state index in [2.05, 4.69) is 4.79 Å². The number of esters is 1. The van der Waals surface area contributed by atoms with Crippen LogP contribution in [0.1, 0.15) is 58.4 Å². The largest absolute Gasteiger partial charge is 0.451 e. The number of unbranched alkanes of at least 4 members (excludes halogenated alkanes) is 1. The van der Waals surface area contributed by atoms with E-state index in [4.69, 9.17) is 10.3 Å². The van der Waals surface area contributed by atoms with E-state index in [0.717, 1.165) is 12.0 Å². The van der Waals surface area contributed by atoms with Crippen molar-refractivity contribution >= 4 is 29.3 Å². The first-order valence-corrected chi connectivity index (χ1v) is 8.95. The molecule has 0 aliphatic rings. The Morgan fingerprint density at radius 2 is 1.74 bits per heavy atom. The lowest BCUT2D eigenvalue weighted by Crippen LogP contribution is -2.34. The first-order valence-electron chi connectivity index (χ1n) is 8.95. The summed E-state index contributed by atoms with van der Waals surface area (Å²) in [6, 6.07) is 9.87. The summed E-state index contributed by atoms with van der Waals surface area (Å²) in [5.74, 6) is -1.77. The number of rotatable bonds is 10. The van der Waals surface area contributed by atoms with E-state index in [1.54, 1.807) is 20.8 Å². The minimum absolute atomic E-state index is 0.00303. The highest BCUT2D eigenvalue weighted by Crippen LogP contribution is 2.09. The zero-order chi connectivity index (χ0) is 20.3. The molecule has 0 amide bonds. The molecule has 0 aromatic heterocycles. The summed E-state index contributed by atoms with van der Waals surface area (Å²) < 4.78 is 5.00. The molecule has 1 aromatic rings. The van der Waals surface area contributed by atoms with Crippen molar-refractivity contribution in [3.05, 3.63) is 47.5 Å². The Bertz CT molecular complexity index is 739. The van der Waals surface area contributed by atoms with Crippen molar-refractivity contribution in [1.82, 2.24) is 0 Å². The summed E-state index contributed by atoms with van der Waals surface area (Å²) in [4.78, 5) is 38.4. The first-order chi connectivity index (χ1) is 12.7. The Hall–Kier alpha value is -2.85. The van der Waals surface area contributed by atoms with Crippen molar-refractivity contribution in [3.63, 3.8) is 0 Å². The van der Waals surface area contributed by atoms with Gasteiger partial charge in [0.25, 0.3) is 5.78 Å². The number of benzene rings is 1. The van der Waals surface area contributed by atoms with Crippen molar-refractivity contribution in [2.45, 2.75) is 58.5 Å². The number of carbonyl (C=O) groups excluding carboxylic acids is 3. The van der Waals surface area contributed by atoms with Crippen molar-refractivity contribution in [1.29, 1.82) is 0 Å². The number of ether oxygens (including phenoxy) is 1. The van der Waals surface area contributed by atoms with Gasteiger partial charge in [-0.05, 0) is 39.2 Å². The first kappa shape index (κ1) is 22.2. The number of hydrogen-bond donors (Lipinski definition) is 0. The zero-order valence-electron chi connectivity index (χ0n) is 16.1. The highest BCUT2D eigenvalue weighted by Gasteiger charge is 2.33.